The Kier molecular flexibility index (Phi) is 34.2. The van der Waals surface area contributed by atoms with Gasteiger partial charge in [0.2, 0.25) is 5.91 Å². The molecule has 3 aromatic rings. The van der Waals surface area contributed by atoms with Crippen molar-refractivity contribution in [2.75, 3.05) is 47.1 Å². The number of hydrogen-bond acceptors (Lipinski definition) is 4. The Morgan fingerprint density at radius 3 is 1.64 bits per heavy atom. The molecule has 0 aromatic heterocycles. The van der Waals surface area contributed by atoms with E-state index in [1.165, 1.54) is 68.9 Å². The molecule has 2 fully saturated rings. The summed E-state index contributed by atoms with van der Waals surface area (Å²) in [4.78, 5) is 13.2. The van der Waals surface area contributed by atoms with Crippen LogP contribution in [-0.2, 0) is 25.4 Å². The predicted octanol–water partition coefficient (Wildman–Crippen LogP) is 16.7. The highest BCUT2D eigenvalue weighted by Crippen LogP contribution is 2.37. The molecule has 4 unspecified atom stereocenters. The SMILES string of the molecule is CC(C)C1CCc2ccccc21.CC(C)CC(c1ccccc1)c1ccccc1.CC(C)CC1CCCO1.CC(C)CCCN1CCCC1=O.CCC(COC)C(C)C.COCC(C)C(C)C. The Bertz CT molecular complexity index is 1560. The van der Waals surface area contributed by atoms with Crippen molar-refractivity contribution in [3.63, 3.8) is 0 Å². The largest absolute Gasteiger partial charge is 0.384 e. The fourth-order valence-electron chi connectivity index (χ4n) is 9.03. The minimum Gasteiger partial charge on any atom is -0.384 e. The van der Waals surface area contributed by atoms with E-state index in [9.17, 15) is 4.79 Å². The van der Waals surface area contributed by atoms with Crippen molar-refractivity contribution >= 4 is 5.91 Å². The number of fused-ring (bicyclic) bond motifs is 1. The number of benzene rings is 3. The highest BCUT2D eigenvalue weighted by molar-refractivity contribution is 5.78. The molecule has 6 rings (SSSR count). The van der Waals surface area contributed by atoms with Crippen LogP contribution in [0.2, 0.25) is 0 Å². The molecule has 5 heteroatoms. The smallest absolute Gasteiger partial charge is 0.222 e. The van der Waals surface area contributed by atoms with Gasteiger partial charge in [0.25, 0.3) is 0 Å². The summed E-state index contributed by atoms with van der Waals surface area (Å²) in [6.45, 7) is 36.3. The first kappa shape index (κ1) is 62.0. The number of hydrogen-bond donors (Lipinski definition) is 0. The maximum Gasteiger partial charge on any atom is 0.222 e. The summed E-state index contributed by atoms with van der Waals surface area (Å²) in [5, 5.41) is 0. The zero-order chi connectivity index (χ0) is 50.1. The molecule has 2 aliphatic heterocycles. The predicted molar refractivity (Wildman–Crippen MR) is 291 cm³/mol. The van der Waals surface area contributed by atoms with E-state index in [2.05, 4.69) is 182 Å². The lowest BCUT2D eigenvalue weighted by Gasteiger charge is -2.20. The lowest BCUT2D eigenvalue weighted by atomic mass is 9.85. The van der Waals surface area contributed by atoms with Gasteiger partial charge in [-0.2, -0.15) is 0 Å². The maximum absolute atomic E-state index is 11.2. The molecule has 0 spiro atoms. The molecular formula is C62H105NO4. The lowest BCUT2D eigenvalue weighted by molar-refractivity contribution is -0.127. The van der Waals surface area contributed by atoms with Crippen LogP contribution in [0.15, 0.2) is 84.9 Å². The van der Waals surface area contributed by atoms with Crippen LogP contribution in [-0.4, -0.2) is 64.0 Å². The zero-order valence-corrected chi connectivity index (χ0v) is 46.3. The molecule has 2 saturated heterocycles. The van der Waals surface area contributed by atoms with E-state index in [0.29, 0.717) is 29.8 Å². The molecule has 0 radical (unpaired) electrons. The van der Waals surface area contributed by atoms with E-state index in [4.69, 9.17) is 14.2 Å². The van der Waals surface area contributed by atoms with Crippen molar-refractivity contribution in [1.82, 2.24) is 4.90 Å². The van der Waals surface area contributed by atoms with Crippen LogP contribution in [0.1, 0.15) is 195 Å². The van der Waals surface area contributed by atoms with Crippen LogP contribution >= 0.6 is 0 Å². The molecular weight excluding hydrogens is 823 g/mol. The van der Waals surface area contributed by atoms with Gasteiger partial charge >= 0.3 is 0 Å². The fourth-order valence-corrected chi connectivity index (χ4v) is 9.03. The minimum absolute atomic E-state index is 0.360. The Labute approximate surface area is 415 Å². The Morgan fingerprint density at radius 1 is 0.657 bits per heavy atom. The first-order chi connectivity index (χ1) is 31.9. The highest BCUT2D eigenvalue weighted by atomic mass is 16.5. The molecule has 0 saturated carbocycles. The number of amides is 1. The van der Waals surface area contributed by atoms with Crippen LogP contribution in [0.4, 0.5) is 0 Å². The normalized spacial score (nSPS) is 17.2. The summed E-state index contributed by atoms with van der Waals surface area (Å²) in [6.07, 6.45) is 13.7. The number of carbonyl (C=O) groups is 1. The topological polar surface area (TPSA) is 48.0 Å². The van der Waals surface area contributed by atoms with Crippen molar-refractivity contribution < 1.29 is 19.0 Å². The first-order valence-electron chi connectivity index (χ1n) is 27.0. The molecule has 3 aliphatic rings. The van der Waals surface area contributed by atoms with Gasteiger partial charge in [0.1, 0.15) is 0 Å². The number of likely N-dealkylation sites (tertiary alicyclic amines) is 1. The minimum atomic E-state index is 0.360. The summed E-state index contributed by atoms with van der Waals surface area (Å²) < 4.78 is 15.5. The van der Waals surface area contributed by atoms with Gasteiger partial charge in [-0.05, 0) is 133 Å². The Balaban J connectivity index is 0.000000411. The third kappa shape index (κ3) is 27.7. The van der Waals surface area contributed by atoms with E-state index >= 15 is 0 Å². The zero-order valence-electron chi connectivity index (χ0n) is 46.3. The number of ether oxygens (including phenoxy) is 3. The molecule has 4 atom stereocenters. The van der Waals surface area contributed by atoms with E-state index in [0.717, 1.165) is 87.2 Å². The average Bonchev–Trinajstić information content (AvgIpc) is 4.08. The second-order valence-corrected chi connectivity index (χ2v) is 21.9. The van der Waals surface area contributed by atoms with Crippen LogP contribution in [0.5, 0.6) is 0 Å². The summed E-state index contributed by atoms with van der Waals surface area (Å²) in [7, 11) is 3.52. The molecule has 0 bridgehead atoms. The van der Waals surface area contributed by atoms with Crippen LogP contribution in [0, 0.1) is 47.3 Å². The van der Waals surface area contributed by atoms with Crippen molar-refractivity contribution in [1.29, 1.82) is 0 Å². The summed E-state index contributed by atoms with van der Waals surface area (Å²) in [5.74, 6) is 7.72. The Morgan fingerprint density at radius 2 is 1.24 bits per heavy atom. The molecule has 67 heavy (non-hydrogen) atoms. The van der Waals surface area contributed by atoms with Crippen LogP contribution in [0.3, 0.4) is 0 Å². The second-order valence-electron chi connectivity index (χ2n) is 21.9. The summed E-state index contributed by atoms with van der Waals surface area (Å²) >= 11 is 0. The molecule has 0 N–H and O–H groups in total. The van der Waals surface area contributed by atoms with Crippen molar-refractivity contribution in [3.05, 3.63) is 107 Å². The van der Waals surface area contributed by atoms with Crippen molar-refractivity contribution in [3.8, 4) is 0 Å². The monoisotopic (exact) mass is 928 g/mol. The third-order valence-corrected chi connectivity index (χ3v) is 13.6. The van der Waals surface area contributed by atoms with Crippen LogP contribution < -0.4 is 0 Å². The van der Waals surface area contributed by atoms with Gasteiger partial charge in [-0.25, -0.2) is 0 Å². The Hall–Kier alpha value is -2.99. The summed E-state index contributed by atoms with van der Waals surface area (Å²) in [5.41, 5.74) is 6.03. The molecule has 1 aliphatic carbocycles. The quantitative estimate of drug-likeness (QED) is 0.128. The maximum atomic E-state index is 11.2. The number of rotatable bonds is 18. The van der Waals surface area contributed by atoms with Crippen molar-refractivity contribution in [2.24, 2.45) is 47.3 Å². The van der Waals surface area contributed by atoms with Gasteiger partial charge in [0.05, 0.1) is 6.10 Å². The van der Waals surface area contributed by atoms with E-state index in [1.807, 2.05) is 4.90 Å². The average molecular weight is 929 g/mol. The summed E-state index contributed by atoms with van der Waals surface area (Å²) in [6, 6.07) is 30.5. The number of methoxy groups -OCH3 is 2. The third-order valence-electron chi connectivity index (χ3n) is 13.6. The molecule has 382 valence electrons. The number of aryl methyl sites for hydroxylation is 1. The molecule has 3 aromatic carbocycles. The lowest BCUT2D eigenvalue weighted by Crippen LogP contribution is -2.25. The number of carbonyl (C=O) groups excluding carboxylic acids is 1. The van der Waals surface area contributed by atoms with Gasteiger partial charge in [-0.1, -0.05) is 188 Å². The highest BCUT2D eigenvalue weighted by Gasteiger charge is 2.24. The van der Waals surface area contributed by atoms with Gasteiger partial charge in [0.15, 0.2) is 0 Å². The van der Waals surface area contributed by atoms with Gasteiger partial charge in [0, 0.05) is 59.5 Å². The van der Waals surface area contributed by atoms with E-state index in [-0.39, 0.29) is 0 Å². The van der Waals surface area contributed by atoms with Gasteiger partial charge < -0.3 is 19.1 Å². The van der Waals surface area contributed by atoms with Crippen LogP contribution in [0.25, 0.3) is 0 Å². The van der Waals surface area contributed by atoms with E-state index < -0.39 is 0 Å². The van der Waals surface area contributed by atoms with Gasteiger partial charge in [-0.3, -0.25) is 4.79 Å². The first-order valence-corrected chi connectivity index (χ1v) is 27.0. The van der Waals surface area contributed by atoms with Crippen molar-refractivity contribution in [2.45, 2.75) is 186 Å². The molecule has 5 nitrogen and oxygen atoms in total. The number of nitrogens with zero attached hydrogens (tertiary/aromatic N) is 1. The molecule has 1 amide bonds. The molecule has 2 heterocycles. The second kappa shape index (κ2) is 36.9. The van der Waals surface area contributed by atoms with E-state index in [1.54, 1.807) is 25.3 Å². The standard InChI is InChI=1S/C17H20.C12H16.C10H19NO.C8H16O.C8H18O.C7H16O/c1-14(2)13-17(15-9-5-3-6-10-15)16-11-7-4-8-12-16;1-9(2)11-8-7-10-5-3-4-6-12(10)11;1-9(2)5-3-7-11-8-4-6-10(11)12;1-7(2)6-8-4-3-5-9-8;1-5-8(6-9-4)7(2)3;1-6(2)7(3)5-8-4/h3-12,14,17H,13H2,1-2H3;3-6,9,11H,7-8H2,1-2H3;9H,3-8H2,1-2H3;7-8H,3-6H2,1-2H3;7-8H,5-6H2,1-4H3;6-7H,5H2,1-4H3. The van der Waals surface area contributed by atoms with Gasteiger partial charge in [-0.15, -0.1) is 0 Å². The fraction of sp³-hybridized carbons (Fsp3) is 0.694.